The highest BCUT2D eigenvalue weighted by atomic mass is 35.5. The fourth-order valence-corrected chi connectivity index (χ4v) is 3.22. The molecule has 1 N–H and O–H groups in total. The third kappa shape index (κ3) is 6.40. The van der Waals surface area contributed by atoms with Crippen LogP contribution in [0.25, 0.3) is 0 Å². The summed E-state index contributed by atoms with van der Waals surface area (Å²) in [6, 6.07) is 20.1. The van der Waals surface area contributed by atoms with E-state index in [1.54, 1.807) is 6.07 Å². The average molecular weight is 430 g/mol. The predicted octanol–water partition coefficient (Wildman–Crippen LogP) is 6.57. The van der Waals surface area contributed by atoms with Crippen molar-refractivity contribution in [3.05, 3.63) is 93.0 Å². The van der Waals surface area contributed by atoms with Crippen LogP contribution in [0.15, 0.2) is 60.7 Å². The summed E-state index contributed by atoms with van der Waals surface area (Å²) in [6.07, 6.45) is 0. The van der Waals surface area contributed by atoms with Crippen molar-refractivity contribution in [2.45, 2.75) is 33.5 Å². The number of ether oxygens (including phenoxy) is 2. The van der Waals surface area contributed by atoms with Crippen LogP contribution in [0.3, 0.4) is 0 Å². The minimum Gasteiger partial charge on any atom is -0.490 e. The van der Waals surface area contributed by atoms with E-state index in [2.05, 4.69) is 42.6 Å². The Labute approximate surface area is 182 Å². The first-order valence-corrected chi connectivity index (χ1v) is 10.4. The van der Waals surface area contributed by atoms with E-state index in [9.17, 15) is 0 Å². The third-order valence-corrected chi connectivity index (χ3v) is 5.20. The molecule has 0 heterocycles. The van der Waals surface area contributed by atoms with E-state index in [1.807, 2.05) is 31.2 Å². The minimum atomic E-state index is 0.391. The van der Waals surface area contributed by atoms with Gasteiger partial charge in [0.25, 0.3) is 0 Å². The Kier molecular flexibility index (Phi) is 7.82. The molecule has 0 saturated carbocycles. The van der Waals surface area contributed by atoms with Crippen molar-refractivity contribution in [2.75, 3.05) is 6.61 Å². The highest BCUT2D eigenvalue weighted by Gasteiger charge is 2.08. The van der Waals surface area contributed by atoms with Gasteiger partial charge < -0.3 is 14.8 Å². The Balaban J connectivity index is 1.61. The molecule has 0 aliphatic carbocycles. The molecule has 0 bridgehead atoms. The van der Waals surface area contributed by atoms with Gasteiger partial charge in [0.1, 0.15) is 6.61 Å². The molecule has 0 aliphatic heterocycles. The summed E-state index contributed by atoms with van der Waals surface area (Å²) in [5, 5.41) is 4.53. The van der Waals surface area contributed by atoms with Crippen molar-refractivity contribution < 1.29 is 9.47 Å². The molecule has 0 amide bonds. The highest BCUT2D eigenvalue weighted by Crippen LogP contribution is 2.30. The Hall–Kier alpha value is -2.20. The second kappa shape index (κ2) is 10.5. The van der Waals surface area contributed by atoms with Crippen LogP contribution in [0.2, 0.25) is 10.0 Å². The van der Waals surface area contributed by atoms with Gasteiger partial charge in [0.15, 0.2) is 11.5 Å². The monoisotopic (exact) mass is 429 g/mol. The molecule has 0 saturated heterocycles. The molecular weight excluding hydrogens is 405 g/mol. The SMILES string of the molecule is CCOc1cc(CNCc2ccc(C)cc2)ccc1OCc1ccc(Cl)c(Cl)c1. The molecule has 152 valence electrons. The number of benzene rings is 3. The second-order valence-corrected chi connectivity index (χ2v) is 7.65. The highest BCUT2D eigenvalue weighted by molar-refractivity contribution is 6.42. The number of rotatable bonds is 9. The molecule has 3 nitrogen and oxygen atoms in total. The lowest BCUT2D eigenvalue weighted by Gasteiger charge is -2.14. The van der Waals surface area contributed by atoms with E-state index in [4.69, 9.17) is 32.7 Å². The van der Waals surface area contributed by atoms with Crippen molar-refractivity contribution in [2.24, 2.45) is 0 Å². The molecule has 0 atom stereocenters. The molecule has 3 aromatic rings. The van der Waals surface area contributed by atoms with E-state index >= 15 is 0 Å². The largest absolute Gasteiger partial charge is 0.490 e. The fraction of sp³-hybridized carbons (Fsp3) is 0.250. The van der Waals surface area contributed by atoms with Crippen LogP contribution in [-0.4, -0.2) is 6.61 Å². The standard InChI is InChI=1S/C24H25Cl2NO2/c1-3-28-24-13-19(15-27-14-18-6-4-17(2)5-7-18)9-11-23(24)29-16-20-8-10-21(25)22(26)12-20/h4-13,27H,3,14-16H2,1-2H3. The van der Waals surface area contributed by atoms with Crippen molar-refractivity contribution in [3.63, 3.8) is 0 Å². The molecule has 0 unspecified atom stereocenters. The number of hydrogen-bond acceptors (Lipinski definition) is 3. The lowest BCUT2D eigenvalue weighted by Crippen LogP contribution is -2.13. The van der Waals surface area contributed by atoms with Crippen LogP contribution in [0.5, 0.6) is 11.5 Å². The van der Waals surface area contributed by atoms with Gasteiger partial charge in [-0.15, -0.1) is 0 Å². The van der Waals surface area contributed by atoms with Gasteiger partial charge in [-0.1, -0.05) is 65.2 Å². The summed E-state index contributed by atoms with van der Waals surface area (Å²) in [7, 11) is 0. The van der Waals surface area contributed by atoms with Gasteiger partial charge in [-0.2, -0.15) is 0 Å². The van der Waals surface area contributed by atoms with E-state index in [0.29, 0.717) is 29.0 Å². The van der Waals surface area contributed by atoms with Crippen LogP contribution >= 0.6 is 23.2 Å². The van der Waals surface area contributed by atoms with Gasteiger partial charge >= 0.3 is 0 Å². The maximum absolute atomic E-state index is 6.08. The van der Waals surface area contributed by atoms with Crippen molar-refractivity contribution in [1.82, 2.24) is 5.32 Å². The third-order valence-electron chi connectivity index (χ3n) is 4.47. The summed E-state index contributed by atoms with van der Waals surface area (Å²) in [5.41, 5.74) is 4.63. The first kappa shape index (κ1) is 21.5. The maximum Gasteiger partial charge on any atom is 0.161 e. The topological polar surface area (TPSA) is 30.5 Å². The van der Waals surface area contributed by atoms with Gasteiger partial charge in [0, 0.05) is 13.1 Å². The zero-order valence-electron chi connectivity index (χ0n) is 16.7. The molecule has 29 heavy (non-hydrogen) atoms. The molecule has 3 aromatic carbocycles. The summed E-state index contributed by atoms with van der Waals surface area (Å²) in [6.45, 7) is 6.59. The van der Waals surface area contributed by atoms with Crippen molar-refractivity contribution in [3.8, 4) is 11.5 Å². The Morgan fingerprint density at radius 3 is 2.14 bits per heavy atom. The molecule has 0 fully saturated rings. The van der Waals surface area contributed by atoms with Gasteiger partial charge in [-0.3, -0.25) is 0 Å². The first-order chi connectivity index (χ1) is 14.0. The molecule has 5 heteroatoms. The van der Waals surface area contributed by atoms with E-state index in [1.165, 1.54) is 11.1 Å². The molecule has 0 aromatic heterocycles. The van der Waals surface area contributed by atoms with Crippen LogP contribution in [0.1, 0.15) is 29.2 Å². The average Bonchev–Trinajstić information content (AvgIpc) is 2.71. The Bertz CT molecular complexity index is 942. The summed E-state index contributed by atoms with van der Waals surface area (Å²) in [4.78, 5) is 0. The first-order valence-electron chi connectivity index (χ1n) is 9.64. The lowest BCUT2D eigenvalue weighted by molar-refractivity contribution is 0.269. The van der Waals surface area contributed by atoms with Crippen LogP contribution in [0.4, 0.5) is 0 Å². The molecular formula is C24H25Cl2NO2. The maximum atomic E-state index is 6.08. The van der Waals surface area contributed by atoms with Crippen molar-refractivity contribution in [1.29, 1.82) is 0 Å². The van der Waals surface area contributed by atoms with Crippen molar-refractivity contribution >= 4 is 23.2 Å². The molecule has 3 rings (SSSR count). The molecule has 0 spiro atoms. The fourth-order valence-electron chi connectivity index (χ4n) is 2.90. The van der Waals surface area contributed by atoms with Crippen LogP contribution in [-0.2, 0) is 19.7 Å². The number of aryl methyl sites for hydroxylation is 1. The number of halogens is 2. The normalized spacial score (nSPS) is 10.8. The summed E-state index contributed by atoms with van der Waals surface area (Å²) >= 11 is 12.0. The molecule has 0 radical (unpaired) electrons. The number of hydrogen-bond donors (Lipinski definition) is 1. The summed E-state index contributed by atoms with van der Waals surface area (Å²) < 4.78 is 11.8. The second-order valence-electron chi connectivity index (χ2n) is 6.84. The van der Waals surface area contributed by atoms with E-state index in [0.717, 1.165) is 30.0 Å². The van der Waals surface area contributed by atoms with Gasteiger partial charge in [0.2, 0.25) is 0 Å². The minimum absolute atomic E-state index is 0.391. The predicted molar refractivity (Wildman–Crippen MR) is 120 cm³/mol. The lowest BCUT2D eigenvalue weighted by atomic mass is 10.1. The van der Waals surface area contributed by atoms with Crippen LogP contribution < -0.4 is 14.8 Å². The smallest absolute Gasteiger partial charge is 0.161 e. The quantitative estimate of drug-likeness (QED) is 0.417. The Morgan fingerprint density at radius 1 is 0.724 bits per heavy atom. The van der Waals surface area contributed by atoms with Gasteiger partial charge in [-0.25, -0.2) is 0 Å². The number of nitrogens with one attached hydrogen (secondary N) is 1. The van der Waals surface area contributed by atoms with E-state index in [-0.39, 0.29) is 0 Å². The zero-order valence-corrected chi connectivity index (χ0v) is 18.2. The van der Waals surface area contributed by atoms with Gasteiger partial charge in [0.05, 0.1) is 16.7 Å². The van der Waals surface area contributed by atoms with Crippen LogP contribution in [0, 0.1) is 6.92 Å². The molecule has 0 aliphatic rings. The van der Waals surface area contributed by atoms with Gasteiger partial charge in [-0.05, 0) is 54.8 Å². The zero-order chi connectivity index (χ0) is 20.6. The Morgan fingerprint density at radius 2 is 1.41 bits per heavy atom. The van der Waals surface area contributed by atoms with E-state index < -0.39 is 0 Å². The summed E-state index contributed by atoms with van der Waals surface area (Å²) in [5.74, 6) is 1.45.